The molecular weight excluding hydrogens is 578 g/mol. The van der Waals surface area contributed by atoms with E-state index in [0.29, 0.717) is 43.4 Å². The first-order chi connectivity index (χ1) is 21.3. The van der Waals surface area contributed by atoms with E-state index in [1.54, 1.807) is 29.2 Å². The number of carbonyl (C=O) groups excluding carboxylic acids is 1. The third-order valence-corrected chi connectivity index (χ3v) is 9.61. The summed E-state index contributed by atoms with van der Waals surface area (Å²) in [4.78, 5) is 17.8. The van der Waals surface area contributed by atoms with Crippen LogP contribution >= 0.6 is 0 Å². The molecule has 0 saturated carbocycles. The highest BCUT2D eigenvalue weighted by Gasteiger charge is 2.33. The third kappa shape index (κ3) is 6.66. The Morgan fingerprint density at radius 2 is 1.30 bits per heavy atom. The second-order valence-corrected chi connectivity index (χ2v) is 12.2. The summed E-state index contributed by atoms with van der Waals surface area (Å²) in [6.45, 7) is 1.88. The lowest BCUT2D eigenvalue weighted by Crippen LogP contribution is -2.52. The van der Waals surface area contributed by atoms with Crippen molar-refractivity contribution in [3.8, 4) is 17.2 Å². The van der Waals surface area contributed by atoms with Crippen LogP contribution in [0.15, 0.2) is 108 Å². The second-order valence-electron chi connectivity index (χ2n) is 10.4. The molecule has 0 unspecified atom stereocenters. The number of anilines is 1. The molecule has 0 radical (unpaired) electrons. The summed E-state index contributed by atoms with van der Waals surface area (Å²) < 4.78 is 45.1. The van der Waals surface area contributed by atoms with Crippen LogP contribution in [0.1, 0.15) is 17.2 Å². The van der Waals surface area contributed by atoms with Crippen LogP contribution in [0.5, 0.6) is 17.2 Å². The molecule has 9 nitrogen and oxygen atoms in total. The Labute approximate surface area is 259 Å². The normalized spacial score (nSPS) is 13.9. The Hall–Kier alpha value is -4.54. The van der Waals surface area contributed by atoms with Crippen molar-refractivity contribution in [1.82, 2.24) is 9.80 Å². The van der Waals surface area contributed by atoms with Crippen LogP contribution in [-0.4, -0.2) is 78.2 Å². The van der Waals surface area contributed by atoms with Gasteiger partial charge in [0.2, 0.25) is 5.91 Å². The first-order valence-electron chi connectivity index (χ1n) is 14.4. The molecule has 1 saturated heterocycles. The number of piperazine rings is 1. The van der Waals surface area contributed by atoms with Crippen LogP contribution < -0.4 is 18.5 Å². The van der Waals surface area contributed by atoms with E-state index in [2.05, 4.69) is 29.2 Å². The number of hydrogen-bond acceptors (Lipinski definition) is 7. The number of rotatable bonds is 11. The maximum Gasteiger partial charge on any atom is 0.264 e. The summed E-state index contributed by atoms with van der Waals surface area (Å²) in [5.41, 5.74) is 2.72. The van der Waals surface area contributed by atoms with Crippen molar-refractivity contribution in [3.05, 3.63) is 114 Å². The highest BCUT2D eigenvalue weighted by Crippen LogP contribution is 2.33. The van der Waals surface area contributed by atoms with Gasteiger partial charge in [0, 0.05) is 32.2 Å². The number of amides is 1. The summed E-state index contributed by atoms with van der Waals surface area (Å²) in [5.74, 6) is 0.976. The van der Waals surface area contributed by atoms with Gasteiger partial charge in [0.15, 0.2) is 11.5 Å². The number of carbonyl (C=O) groups is 1. The van der Waals surface area contributed by atoms with Gasteiger partial charge < -0.3 is 19.1 Å². The van der Waals surface area contributed by atoms with E-state index >= 15 is 0 Å². The smallest absolute Gasteiger partial charge is 0.264 e. The molecule has 4 aromatic rings. The lowest BCUT2D eigenvalue weighted by atomic mass is 9.96. The van der Waals surface area contributed by atoms with Gasteiger partial charge in [-0.3, -0.25) is 14.0 Å². The summed E-state index contributed by atoms with van der Waals surface area (Å²) >= 11 is 0. The molecule has 230 valence electrons. The standard InChI is InChI=1S/C34H37N3O6S/c1-41-29-16-14-28(15-17-29)37(44(39,40)30-18-19-31(42-2)32(24-30)43-3)25-33(38)35-20-22-36(23-21-35)34(26-10-6-4-7-11-26)27-12-8-5-9-13-27/h4-19,24,34H,20-23,25H2,1-3H3. The van der Waals surface area contributed by atoms with Crippen molar-refractivity contribution in [2.45, 2.75) is 10.9 Å². The van der Waals surface area contributed by atoms with Crippen LogP contribution in [0, 0.1) is 0 Å². The quantitative estimate of drug-likeness (QED) is 0.239. The molecule has 1 aliphatic rings. The molecule has 1 fully saturated rings. The molecule has 0 atom stereocenters. The summed E-state index contributed by atoms with van der Waals surface area (Å²) in [6.07, 6.45) is 0. The highest BCUT2D eigenvalue weighted by atomic mass is 32.2. The van der Waals surface area contributed by atoms with Crippen molar-refractivity contribution in [3.63, 3.8) is 0 Å². The van der Waals surface area contributed by atoms with E-state index < -0.39 is 10.0 Å². The molecule has 5 rings (SSSR count). The summed E-state index contributed by atoms with van der Waals surface area (Å²) in [5, 5.41) is 0. The Morgan fingerprint density at radius 1 is 0.727 bits per heavy atom. The van der Waals surface area contributed by atoms with Gasteiger partial charge in [-0.05, 0) is 47.5 Å². The zero-order chi connectivity index (χ0) is 31.1. The van der Waals surface area contributed by atoms with E-state index in [1.807, 2.05) is 36.4 Å². The van der Waals surface area contributed by atoms with Crippen LogP contribution in [0.2, 0.25) is 0 Å². The van der Waals surface area contributed by atoms with Gasteiger partial charge >= 0.3 is 0 Å². The number of hydrogen-bond donors (Lipinski definition) is 0. The SMILES string of the molecule is COc1ccc(N(CC(=O)N2CCN(C(c3ccccc3)c3ccccc3)CC2)S(=O)(=O)c2ccc(OC)c(OC)c2)cc1. The van der Waals surface area contributed by atoms with Gasteiger partial charge in [0.25, 0.3) is 10.0 Å². The first kappa shape index (κ1) is 30.9. The molecule has 0 spiro atoms. The van der Waals surface area contributed by atoms with Gasteiger partial charge in [-0.2, -0.15) is 0 Å². The van der Waals surface area contributed by atoms with Gasteiger partial charge in [-0.15, -0.1) is 0 Å². The Bertz CT molecular complexity index is 1600. The van der Waals surface area contributed by atoms with Gasteiger partial charge in [-0.25, -0.2) is 8.42 Å². The average Bonchev–Trinajstić information content (AvgIpc) is 3.08. The molecule has 44 heavy (non-hydrogen) atoms. The molecule has 1 heterocycles. The second kappa shape index (κ2) is 13.8. The van der Waals surface area contributed by atoms with Gasteiger partial charge in [0.1, 0.15) is 12.3 Å². The first-order valence-corrected chi connectivity index (χ1v) is 15.8. The Balaban J connectivity index is 1.38. The topological polar surface area (TPSA) is 88.6 Å². The van der Waals surface area contributed by atoms with E-state index in [0.717, 1.165) is 4.31 Å². The van der Waals surface area contributed by atoms with Crippen molar-refractivity contribution in [2.24, 2.45) is 0 Å². The predicted octanol–water partition coefficient (Wildman–Crippen LogP) is 4.84. The zero-order valence-electron chi connectivity index (χ0n) is 25.1. The minimum absolute atomic E-state index is 0.0165. The maximum absolute atomic E-state index is 14.0. The minimum Gasteiger partial charge on any atom is -0.497 e. The Kier molecular flexibility index (Phi) is 9.72. The fourth-order valence-electron chi connectivity index (χ4n) is 5.50. The molecule has 1 amide bonds. The maximum atomic E-state index is 14.0. The molecule has 4 aromatic carbocycles. The van der Waals surface area contributed by atoms with Crippen LogP contribution in [0.3, 0.4) is 0 Å². The number of ether oxygens (including phenoxy) is 3. The van der Waals surface area contributed by atoms with Crippen molar-refractivity contribution in [1.29, 1.82) is 0 Å². The fourth-order valence-corrected chi connectivity index (χ4v) is 6.94. The Morgan fingerprint density at radius 3 is 1.82 bits per heavy atom. The number of nitrogens with zero attached hydrogens (tertiary/aromatic N) is 3. The molecule has 0 bridgehead atoms. The van der Waals surface area contributed by atoms with E-state index in [4.69, 9.17) is 14.2 Å². The highest BCUT2D eigenvalue weighted by molar-refractivity contribution is 7.92. The molecule has 10 heteroatoms. The van der Waals surface area contributed by atoms with Crippen molar-refractivity contribution < 1.29 is 27.4 Å². The summed E-state index contributed by atoms with van der Waals surface area (Å²) in [7, 11) is 0.301. The number of sulfonamides is 1. The molecule has 0 aliphatic carbocycles. The monoisotopic (exact) mass is 615 g/mol. The zero-order valence-corrected chi connectivity index (χ0v) is 25.9. The predicted molar refractivity (Wildman–Crippen MR) is 170 cm³/mol. The third-order valence-electron chi connectivity index (χ3n) is 7.85. The van der Waals surface area contributed by atoms with E-state index in [9.17, 15) is 13.2 Å². The van der Waals surface area contributed by atoms with E-state index in [1.165, 1.54) is 50.7 Å². The van der Waals surface area contributed by atoms with Gasteiger partial charge in [-0.1, -0.05) is 60.7 Å². The average molecular weight is 616 g/mol. The molecular formula is C34H37N3O6S. The van der Waals surface area contributed by atoms with Crippen molar-refractivity contribution in [2.75, 3.05) is 58.4 Å². The van der Waals surface area contributed by atoms with E-state index in [-0.39, 0.29) is 29.1 Å². The molecule has 0 aromatic heterocycles. The van der Waals surface area contributed by atoms with Crippen LogP contribution in [0.4, 0.5) is 5.69 Å². The summed E-state index contributed by atoms with van der Waals surface area (Å²) in [6, 6.07) is 31.7. The molecule has 0 N–H and O–H groups in total. The van der Waals surface area contributed by atoms with Crippen molar-refractivity contribution >= 4 is 21.6 Å². The fraction of sp³-hybridized carbons (Fsp3) is 0.265. The lowest BCUT2D eigenvalue weighted by Gasteiger charge is -2.40. The minimum atomic E-state index is -4.16. The largest absolute Gasteiger partial charge is 0.497 e. The van der Waals surface area contributed by atoms with Crippen LogP contribution in [0.25, 0.3) is 0 Å². The number of methoxy groups -OCH3 is 3. The molecule has 1 aliphatic heterocycles. The van der Waals surface area contributed by atoms with Crippen LogP contribution in [-0.2, 0) is 14.8 Å². The van der Waals surface area contributed by atoms with Gasteiger partial charge in [0.05, 0.1) is 38.0 Å². The number of benzene rings is 4. The lowest BCUT2D eigenvalue weighted by molar-refractivity contribution is -0.131.